The van der Waals surface area contributed by atoms with E-state index in [4.69, 9.17) is 17.3 Å². The van der Waals surface area contributed by atoms with E-state index in [1.54, 1.807) is 18.2 Å². The van der Waals surface area contributed by atoms with Crippen LogP contribution in [0.1, 0.15) is 16.5 Å². The summed E-state index contributed by atoms with van der Waals surface area (Å²) in [6.45, 7) is 0. The Kier molecular flexibility index (Phi) is 3.64. The summed E-state index contributed by atoms with van der Waals surface area (Å²) < 4.78 is 14.0. The number of halogens is 2. The Bertz CT molecular complexity index is 823. The van der Waals surface area contributed by atoms with Gasteiger partial charge in [0, 0.05) is 16.8 Å². The molecule has 0 radical (unpaired) electrons. The molecule has 2 amide bonds. The SMILES string of the molecule is N#Cc1cccc(Cl)c1C1Sc2cncc(F)c2N1C(N)=O. The van der Waals surface area contributed by atoms with Crippen molar-refractivity contribution in [3.05, 3.63) is 52.6 Å². The number of thioether (sulfide) groups is 1. The number of anilines is 1. The number of pyridine rings is 1. The van der Waals surface area contributed by atoms with Crippen LogP contribution in [0.3, 0.4) is 0 Å². The molecule has 0 saturated heterocycles. The molecular weight excluding hydrogens is 327 g/mol. The first kappa shape index (κ1) is 14.6. The molecule has 1 aliphatic heterocycles. The number of nitriles is 1. The van der Waals surface area contributed by atoms with Gasteiger partial charge in [-0.1, -0.05) is 29.4 Å². The van der Waals surface area contributed by atoms with Gasteiger partial charge in [0.2, 0.25) is 0 Å². The maximum Gasteiger partial charge on any atom is 0.320 e. The number of nitrogens with two attached hydrogens (primary N) is 1. The molecule has 1 aliphatic rings. The van der Waals surface area contributed by atoms with E-state index in [2.05, 4.69) is 4.98 Å². The van der Waals surface area contributed by atoms with Crippen molar-refractivity contribution in [2.75, 3.05) is 4.90 Å². The summed E-state index contributed by atoms with van der Waals surface area (Å²) in [7, 11) is 0. The molecule has 2 N–H and O–H groups in total. The van der Waals surface area contributed by atoms with E-state index in [9.17, 15) is 14.4 Å². The number of urea groups is 1. The summed E-state index contributed by atoms with van der Waals surface area (Å²) >= 11 is 7.36. The summed E-state index contributed by atoms with van der Waals surface area (Å²) in [6, 6.07) is 6.02. The Balaban J connectivity index is 2.21. The van der Waals surface area contributed by atoms with Gasteiger partial charge in [0.05, 0.1) is 28.4 Å². The van der Waals surface area contributed by atoms with Crippen molar-refractivity contribution >= 4 is 35.1 Å². The van der Waals surface area contributed by atoms with Gasteiger partial charge in [-0.05, 0) is 12.1 Å². The quantitative estimate of drug-likeness (QED) is 0.866. The standard InChI is InChI=1S/C14H8ClFN4OS/c15-8-3-1-2-7(4-17)11(8)13-20(14(18)21)12-9(16)5-19-6-10(12)22-13/h1-3,5-6,13H,(H2,18,21). The zero-order chi connectivity index (χ0) is 15.9. The smallest absolute Gasteiger partial charge is 0.320 e. The number of fused-ring (bicyclic) bond motifs is 1. The van der Waals surface area contributed by atoms with Crippen LogP contribution in [0.2, 0.25) is 5.02 Å². The minimum atomic E-state index is -0.829. The molecule has 3 rings (SSSR count). The van der Waals surface area contributed by atoms with E-state index in [-0.39, 0.29) is 5.69 Å². The predicted molar refractivity (Wildman–Crippen MR) is 81.0 cm³/mol. The summed E-state index contributed by atoms with van der Waals surface area (Å²) in [5.74, 6) is -0.656. The minimum Gasteiger partial charge on any atom is -0.351 e. The second-order valence-electron chi connectivity index (χ2n) is 4.46. The highest BCUT2D eigenvalue weighted by molar-refractivity contribution is 8.00. The molecule has 0 spiro atoms. The molecule has 110 valence electrons. The van der Waals surface area contributed by atoms with Gasteiger partial charge >= 0.3 is 6.03 Å². The molecule has 8 heteroatoms. The fraction of sp³-hybridized carbons (Fsp3) is 0.0714. The summed E-state index contributed by atoms with van der Waals surface area (Å²) in [4.78, 5) is 17.2. The number of amides is 2. The Morgan fingerprint density at radius 3 is 2.95 bits per heavy atom. The largest absolute Gasteiger partial charge is 0.351 e. The highest BCUT2D eigenvalue weighted by Crippen LogP contribution is 2.53. The van der Waals surface area contributed by atoms with Crippen LogP contribution in [0.4, 0.5) is 14.9 Å². The van der Waals surface area contributed by atoms with Gasteiger partial charge in [0.25, 0.3) is 0 Å². The number of hydrogen-bond acceptors (Lipinski definition) is 4. The summed E-state index contributed by atoms with van der Waals surface area (Å²) in [5.41, 5.74) is 6.19. The maximum absolute atomic E-state index is 14.0. The van der Waals surface area contributed by atoms with Crippen molar-refractivity contribution in [1.29, 1.82) is 5.26 Å². The van der Waals surface area contributed by atoms with E-state index in [1.165, 1.54) is 18.0 Å². The Hall–Kier alpha value is -2.30. The molecule has 1 atom stereocenters. The number of hydrogen-bond donors (Lipinski definition) is 1. The highest BCUT2D eigenvalue weighted by Gasteiger charge is 2.39. The van der Waals surface area contributed by atoms with Gasteiger partial charge < -0.3 is 5.73 Å². The van der Waals surface area contributed by atoms with Gasteiger partial charge in [0.1, 0.15) is 5.37 Å². The number of benzene rings is 1. The molecule has 2 heterocycles. The first-order valence-corrected chi connectivity index (χ1v) is 7.37. The van der Waals surface area contributed by atoms with Gasteiger partial charge in [-0.2, -0.15) is 5.26 Å². The lowest BCUT2D eigenvalue weighted by molar-refractivity contribution is 0.253. The molecule has 0 bridgehead atoms. The molecule has 1 aromatic heterocycles. The van der Waals surface area contributed by atoms with Crippen molar-refractivity contribution in [2.24, 2.45) is 5.73 Å². The monoisotopic (exact) mass is 334 g/mol. The fourth-order valence-corrected chi connectivity index (χ4v) is 4.02. The first-order chi connectivity index (χ1) is 10.5. The summed E-state index contributed by atoms with van der Waals surface area (Å²) in [6.07, 6.45) is 2.46. The van der Waals surface area contributed by atoms with Gasteiger partial charge in [-0.15, -0.1) is 0 Å². The van der Waals surface area contributed by atoms with Gasteiger partial charge in [-0.25, -0.2) is 9.18 Å². The third-order valence-electron chi connectivity index (χ3n) is 3.21. The number of carbonyl (C=O) groups is 1. The van der Waals surface area contributed by atoms with Crippen LogP contribution >= 0.6 is 23.4 Å². The van der Waals surface area contributed by atoms with Crippen LogP contribution in [-0.4, -0.2) is 11.0 Å². The number of carbonyl (C=O) groups excluding carboxylic acids is 1. The van der Waals surface area contributed by atoms with Crippen molar-refractivity contribution in [3.63, 3.8) is 0 Å². The molecule has 0 aliphatic carbocycles. The Labute approximate surface area is 134 Å². The van der Waals surface area contributed by atoms with Gasteiger partial charge in [-0.3, -0.25) is 9.88 Å². The minimum absolute atomic E-state index is 0.0568. The zero-order valence-corrected chi connectivity index (χ0v) is 12.5. The maximum atomic E-state index is 14.0. The zero-order valence-electron chi connectivity index (χ0n) is 11.0. The average Bonchev–Trinajstić information content (AvgIpc) is 2.87. The van der Waals surface area contributed by atoms with Crippen LogP contribution in [0.15, 0.2) is 35.5 Å². The number of aromatic nitrogens is 1. The lowest BCUT2D eigenvalue weighted by Crippen LogP contribution is -2.36. The molecule has 0 saturated carbocycles. The molecule has 1 aromatic carbocycles. The average molecular weight is 335 g/mol. The molecule has 5 nitrogen and oxygen atoms in total. The molecular formula is C14H8ClFN4OS. The third kappa shape index (κ3) is 2.17. The van der Waals surface area contributed by atoms with Crippen LogP contribution in [0, 0.1) is 17.1 Å². The Morgan fingerprint density at radius 1 is 1.50 bits per heavy atom. The Morgan fingerprint density at radius 2 is 2.27 bits per heavy atom. The fourth-order valence-electron chi connectivity index (χ4n) is 2.32. The molecule has 22 heavy (non-hydrogen) atoms. The first-order valence-electron chi connectivity index (χ1n) is 6.12. The van der Waals surface area contributed by atoms with E-state index in [0.717, 1.165) is 11.1 Å². The van der Waals surface area contributed by atoms with Crippen LogP contribution < -0.4 is 10.6 Å². The van der Waals surface area contributed by atoms with Crippen molar-refractivity contribution in [2.45, 2.75) is 10.3 Å². The van der Waals surface area contributed by atoms with Crippen LogP contribution in [0.25, 0.3) is 0 Å². The number of primary amides is 1. The second kappa shape index (κ2) is 5.48. The van der Waals surface area contributed by atoms with E-state index in [1.807, 2.05) is 6.07 Å². The molecule has 0 fully saturated rings. The van der Waals surface area contributed by atoms with Gasteiger partial charge in [0.15, 0.2) is 5.82 Å². The van der Waals surface area contributed by atoms with Crippen molar-refractivity contribution in [3.8, 4) is 6.07 Å². The topological polar surface area (TPSA) is 83.0 Å². The van der Waals surface area contributed by atoms with E-state index in [0.29, 0.717) is 21.0 Å². The molecule has 2 aromatic rings. The third-order valence-corrected chi connectivity index (χ3v) is 4.76. The second-order valence-corrected chi connectivity index (χ2v) is 5.99. The van der Waals surface area contributed by atoms with Crippen molar-refractivity contribution in [1.82, 2.24) is 4.98 Å². The lowest BCUT2D eigenvalue weighted by atomic mass is 10.1. The lowest BCUT2D eigenvalue weighted by Gasteiger charge is -2.24. The summed E-state index contributed by atoms with van der Waals surface area (Å²) in [5, 5.41) is 8.86. The molecule has 1 unspecified atom stereocenters. The highest BCUT2D eigenvalue weighted by atomic mass is 35.5. The van der Waals surface area contributed by atoms with E-state index >= 15 is 0 Å². The number of rotatable bonds is 1. The van der Waals surface area contributed by atoms with Crippen LogP contribution in [-0.2, 0) is 0 Å². The normalized spacial score (nSPS) is 16.2. The van der Waals surface area contributed by atoms with Crippen molar-refractivity contribution < 1.29 is 9.18 Å². The van der Waals surface area contributed by atoms with E-state index < -0.39 is 17.2 Å². The predicted octanol–water partition coefficient (Wildman–Crippen LogP) is 3.44. The number of nitrogens with zero attached hydrogens (tertiary/aromatic N) is 3. The van der Waals surface area contributed by atoms with Crippen LogP contribution in [0.5, 0.6) is 0 Å².